The lowest BCUT2D eigenvalue weighted by Gasteiger charge is -2.38. The number of nitrogens with one attached hydrogen (secondary N) is 2. The summed E-state index contributed by atoms with van der Waals surface area (Å²) < 4.78 is 65.5. The van der Waals surface area contributed by atoms with E-state index in [0.717, 1.165) is 49.7 Å². The molecule has 3 fully saturated rings. The number of piperidine rings is 2. The fraction of sp³-hybridized carbons (Fsp3) is 0.462. The van der Waals surface area contributed by atoms with Crippen molar-refractivity contribution in [3.63, 3.8) is 0 Å². The number of imide groups is 1. The van der Waals surface area contributed by atoms with Gasteiger partial charge in [0.25, 0.3) is 5.91 Å². The molecule has 57 heavy (non-hydrogen) atoms. The van der Waals surface area contributed by atoms with E-state index in [-0.39, 0.29) is 48.3 Å². The fourth-order valence-corrected chi connectivity index (χ4v) is 8.79. The van der Waals surface area contributed by atoms with Crippen LogP contribution in [0.4, 0.5) is 23.2 Å². The third kappa shape index (κ3) is 7.37. The Hall–Kier alpha value is -5.65. The predicted molar refractivity (Wildman–Crippen MR) is 199 cm³/mol. The Labute approximate surface area is 323 Å². The highest BCUT2D eigenvalue weighted by Crippen LogP contribution is 2.40. The Balaban J connectivity index is 0.892. The number of anilines is 1. The van der Waals surface area contributed by atoms with Gasteiger partial charge in [-0.3, -0.25) is 33.8 Å². The molecule has 0 radical (unpaired) electrons. The molecule has 0 bridgehead atoms. The third-order valence-corrected chi connectivity index (χ3v) is 11.7. The van der Waals surface area contributed by atoms with Crippen LogP contribution in [-0.2, 0) is 22.8 Å². The number of benzene rings is 1. The molecule has 3 amide bonds. The number of fused-ring (bicyclic) bond motifs is 2. The summed E-state index contributed by atoms with van der Waals surface area (Å²) in [6.07, 6.45) is 1.80. The number of alkyl halides is 4. The summed E-state index contributed by atoms with van der Waals surface area (Å²) in [5.41, 5.74) is 1.56. The normalized spacial score (nSPS) is 23.5. The molecule has 4 aromatic heterocycles. The summed E-state index contributed by atoms with van der Waals surface area (Å²) >= 11 is 0. The summed E-state index contributed by atoms with van der Waals surface area (Å²) in [5, 5.41) is 9.69. The molecule has 2 saturated heterocycles. The van der Waals surface area contributed by atoms with Crippen molar-refractivity contribution in [1.29, 1.82) is 0 Å². The van der Waals surface area contributed by atoms with Crippen LogP contribution in [0.2, 0.25) is 0 Å². The molecule has 0 spiro atoms. The maximum Gasteiger partial charge on any atom is 0.434 e. The number of para-hydroxylation sites is 1. The fourth-order valence-electron chi connectivity index (χ4n) is 8.79. The van der Waals surface area contributed by atoms with E-state index in [1.807, 2.05) is 12.1 Å². The van der Waals surface area contributed by atoms with Crippen LogP contribution in [0.25, 0.3) is 16.6 Å². The minimum atomic E-state index is -4.75. The number of pyridine rings is 1. The smallest absolute Gasteiger partial charge is 0.434 e. The van der Waals surface area contributed by atoms with Gasteiger partial charge in [-0.15, -0.1) is 0 Å². The largest absolute Gasteiger partial charge is 0.493 e. The monoisotopic (exact) mass is 791 g/mol. The minimum Gasteiger partial charge on any atom is -0.493 e. The first-order chi connectivity index (χ1) is 27.3. The van der Waals surface area contributed by atoms with Crippen molar-refractivity contribution in [2.75, 3.05) is 32.1 Å². The number of aromatic nitrogens is 6. The molecule has 14 nitrogen and oxygen atoms in total. The lowest BCUT2D eigenvalue weighted by atomic mass is 9.79. The molecule has 6 heterocycles. The molecular weight excluding hydrogens is 750 g/mol. The number of rotatable bonds is 8. The minimum absolute atomic E-state index is 0.140. The van der Waals surface area contributed by atoms with Crippen LogP contribution in [0.5, 0.6) is 5.75 Å². The van der Waals surface area contributed by atoms with E-state index in [9.17, 15) is 32.3 Å². The molecule has 300 valence electrons. The molecule has 18 heteroatoms. The van der Waals surface area contributed by atoms with E-state index in [2.05, 4.69) is 25.5 Å². The number of methoxy groups -OCH3 is 1. The average molecular weight is 792 g/mol. The number of carbonyl (C=O) groups excluding carboxylic acids is 3. The highest BCUT2D eigenvalue weighted by molar-refractivity contribution is 6.04. The second-order valence-corrected chi connectivity index (χ2v) is 15.2. The van der Waals surface area contributed by atoms with Gasteiger partial charge in [0.1, 0.15) is 17.9 Å². The van der Waals surface area contributed by atoms with Gasteiger partial charge in [0.05, 0.1) is 53.6 Å². The lowest BCUT2D eigenvalue weighted by Crippen LogP contribution is -2.44. The Morgan fingerprint density at radius 3 is 2.56 bits per heavy atom. The number of imidazole rings is 1. The quantitative estimate of drug-likeness (QED) is 0.161. The number of aryl methyl sites for hydroxylation is 1. The van der Waals surface area contributed by atoms with Gasteiger partial charge in [0.15, 0.2) is 11.4 Å². The molecule has 8 rings (SSSR count). The van der Waals surface area contributed by atoms with Gasteiger partial charge in [-0.2, -0.15) is 18.3 Å². The first-order valence-corrected chi connectivity index (χ1v) is 19.0. The summed E-state index contributed by atoms with van der Waals surface area (Å²) in [6, 6.07) is 8.20. The Kier molecular flexibility index (Phi) is 10.1. The van der Waals surface area contributed by atoms with Crippen LogP contribution in [0.15, 0.2) is 53.7 Å². The third-order valence-electron chi connectivity index (χ3n) is 11.7. The van der Waals surface area contributed by atoms with Gasteiger partial charge < -0.3 is 15.0 Å². The number of hydrogen-bond donors (Lipinski definition) is 2. The van der Waals surface area contributed by atoms with Crippen LogP contribution in [0.3, 0.4) is 0 Å². The lowest BCUT2D eigenvalue weighted by molar-refractivity contribution is -0.141. The van der Waals surface area contributed by atoms with Crippen LogP contribution in [-0.4, -0.2) is 84.3 Å². The van der Waals surface area contributed by atoms with Gasteiger partial charge in [0, 0.05) is 38.4 Å². The molecule has 2 N–H and O–H groups in total. The number of nitrogens with zero attached hydrogens (tertiary/aromatic N) is 7. The highest BCUT2D eigenvalue weighted by atomic mass is 19.4. The van der Waals surface area contributed by atoms with Gasteiger partial charge in [-0.1, -0.05) is 12.1 Å². The Morgan fingerprint density at radius 1 is 1.05 bits per heavy atom. The van der Waals surface area contributed by atoms with Crippen molar-refractivity contribution in [1.82, 2.24) is 38.9 Å². The standard InChI is InChI=1S/C39H41F4N9O5/c1-49-35-25(4-3-5-30(35)52(38(49)56)31-10-11-34(53)47-37(31)55)24-12-13-50(19-26(24)40)18-21-6-8-22(9-7-21)27-14-23-15-28(32(57-2)20-51(23)48-27)46-36(54)29-16-44-17-33(45-29)39(41,42)43/h3-5,14-17,20-22,24,26,31H,6-13,18-19H2,1-2H3,(H,46,54)(H,47,53,55)/t21?,22?,24-,26+,31?/m0/s1. The zero-order valence-electron chi connectivity index (χ0n) is 31.3. The maximum absolute atomic E-state index is 16.1. The first kappa shape index (κ1) is 38.2. The van der Waals surface area contributed by atoms with E-state index in [1.165, 1.54) is 16.2 Å². The van der Waals surface area contributed by atoms with Gasteiger partial charge in [0.2, 0.25) is 11.8 Å². The molecular formula is C39H41F4N9O5. The number of likely N-dealkylation sites (tertiary alicyclic amines) is 1. The number of carbonyl (C=O) groups is 3. The van der Waals surface area contributed by atoms with Crippen LogP contribution >= 0.6 is 0 Å². The van der Waals surface area contributed by atoms with Crippen LogP contribution in [0.1, 0.15) is 90.3 Å². The van der Waals surface area contributed by atoms with E-state index < -0.39 is 47.5 Å². The second-order valence-electron chi connectivity index (χ2n) is 15.2. The number of halogens is 4. The summed E-state index contributed by atoms with van der Waals surface area (Å²) in [7, 11) is 3.05. The number of hydrogen-bond acceptors (Lipinski definition) is 9. The zero-order chi connectivity index (χ0) is 40.2. The second kappa shape index (κ2) is 15.0. The summed E-state index contributed by atoms with van der Waals surface area (Å²) in [6.45, 7) is 1.75. The number of ether oxygens (including phenoxy) is 1. The van der Waals surface area contributed by atoms with E-state index in [1.54, 1.807) is 36.0 Å². The van der Waals surface area contributed by atoms with Crippen LogP contribution in [0, 0.1) is 5.92 Å². The SMILES string of the molecule is COc1cn2nc(C3CCC(CN4CC[C@@H](c5cccc6c5n(C)c(=O)n6C5CCC(=O)NC5=O)[C@H](F)C4)CC3)cc2cc1NC(=O)c1cncc(C(F)(F)F)n1. The molecule has 5 aromatic rings. The molecule has 1 unspecified atom stereocenters. The zero-order valence-corrected chi connectivity index (χ0v) is 31.3. The van der Waals surface area contributed by atoms with Crippen molar-refractivity contribution >= 4 is 40.0 Å². The molecule has 1 aromatic carbocycles. The summed E-state index contributed by atoms with van der Waals surface area (Å²) in [4.78, 5) is 59.8. The van der Waals surface area contributed by atoms with E-state index in [4.69, 9.17) is 9.84 Å². The van der Waals surface area contributed by atoms with Crippen molar-refractivity contribution < 1.29 is 36.7 Å². The topological polar surface area (TPSA) is 158 Å². The van der Waals surface area contributed by atoms with E-state index in [0.29, 0.717) is 41.6 Å². The van der Waals surface area contributed by atoms with Crippen molar-refractivity contribution in [2.24, 2.45) is 13.0 Å². The molecule has 3 atom stereocenters. The van der Waals surface area contributed by atoms with Crippen LogP contribution < -0.4 is 21.1 Å². The van der Waals surface area contributed by atoms with Gasteiger partial charge >= 0.3 is 11.9 Å². The predicted octanol–water partition coefficient (Wildman–Crippen LogP) is 5.14. The molecule has 1 aliphatic carbocycles. The van der Waals surface area contributed by atoms with Crippen molar-refractivity contribution in [3.05, 3.63) is 82.1 Å². The van der Waals surface area contributed by atoms with Crippen molar-refractivity contribution in [2.45, 2.75) is 75.2 Å². The number of amides is 3. The first-order valence-electron chi connectivity index (χ1n) is 19.0. The molecule has 1 saturated carbocycles. The average Bonchev–Trinajstić information content (AvgIpc) is 3.71. The highest BCUT2D eigenvalue weighted by Gasteiger charge is 2.37. The Bertz CT molecular complexity index is 2430. The molecule has 2 aliphatic heterocycles. The van der Waals surface area contributed by atoms with E-state index >= 15 is 4.39 Å². The van der Waals surface area contributed by atoms with Gasteiger partial charge in [-0.25, -0.2) is 18.7 Å². The van der Waals surface area contributed by atoms with Crippen molar-refractivity contribution in [3.8, 4) is 5.75 Å². The van der Waals surface area contributed by atoms with Gasteiger partial charge in [-0.05, 0) is 74.8 Å². The maximum atomic E-state index is 16.1. The Morgan fingerprint density at radius 2 is 1.84 bits per heavy atom. The summed E-state index contributed by atoms with van der Waals surface area (Å²) in [5.74, 6) is -1.33. The molecule has 3 aliphatic rings.